The number of piperazine rings is 1. The summed E-state index contributed by atoms with van der Waals surface area (Å²) in [6.45, 7) is 0.0419. The Morgan fingerprint density at radius 1 is 0.906 bits per heavy atom. The molecule has 7 nitrogen and oxygen atoms in total. The molecule has 9 heteroatoms. The van der Waals surface area contributed by atoms with Gasteiger partial charge in [0.25, 0.3) is 5.91 Å². The number of fused-ring (bicyclic) bond motifs is 6. The van der Waals surface area contributed by atoms with Crippen molar-refractivity contribution < 1.29 is 22.4 Å². The van der Waals surface area contributed by atoms with Gasteiger partial charge in [-0.3, -0.25) is 4.79 Å². The molecule has 6 rings (SSSR count). The van der Waals surface area contributed by atoms with Crippen LogP contribution in [0.5, 0.6) is 0 Å². The van der Waals surface area contributed by atoms with Crippen LogP contribution in [0.1, 0.15) is 6.42 Å². The third kappa shape index (κ3) is 2.46. The quantitative estimate of drug-likeness (QED) is 0.574. The highest BCUT2D eigenvalue weighted by Gasteiger charge is 2.64. The van der Waals surface area contributed by atoms with Gasteiger partial charge in [0.1, 0.15) is 16.8 Å². The predicted octanol–water partition coefficient (Wildman–Crippen LogP) is 2.96. The Kier molecular flexibility index (Phi) is 4.00. The predicted molar refractivity (Wildman–Crippen MR) is 115 cm³/mol. The van der Waals surface area contributed by atoms with Gasteiger partial charge in [-0.25, -0.2) is 22.5 Å². The van der Waals surface area contributed by atoms with E-state index in [1.807, 2.05) is 30.3 Å². The van der Waals surface area contributed by atoms with Crippen LogP contribution in [-0.4, -0.2) is 54.2 Å². The van der Waals surface area contributed by atoms with Crippen LogP contribution in [0, 0.1) is 5.82 Å². The molecule has 3 atom stereocenters. The first-order chi connectivity index (χ1) is 15.4. The van der Waals surface area contributed by atoms with Crippen LogP contribution < -0.4 is 4.90 Å². The molecule has 3 aromatic carbocycles. The van der Waals surface area contributed by atoms with Gasteiger partial charge in [0.2, 0.25) is 10.0 Å². The minimum Gasteiger partial charge on any atom is -0.306 e. The van der Waals surface area contributed by atoms with E-state index in [4.69, 9.17) is 0 Å². The average Bonchev–Trinajstić information content (AvgIpc) is 3.45. The number of carbonyl (C=O) groups is 2. The van der Waals surface area contributed by atoms with Crippen LogP contribution in [0.2, 0.25) is 0 Å². The Bertz CT molecular complexity index is 1400. The first kappa shape index (κ1) is 19.4. The molecule has 3 aliphatic heterocycles. The number of imide groups is 1. The number of amides is 3. The number of halogens is 1. The van der Waals surface area contributed by atoms with Gasteiger partial charge >= 0.3 is 6.03 Å². The summed E-state index contributed by atoms with van der Waals surface area (Å²) in [7, 11) is -4.15. The molecule has 0 radical (unpaired) electrons. The second kappa shape index (κ2) is 6.60. The highest BCUT2D eigenvalue weighted by Crippen LogP contribution is 2.45. The maximum absolute atomic E-state index is 14.3. The van der Waals surface area contributed by atoms with Crippen molar-refractivity contribution in [1.82, 2.24) is 9.21 Å². The van der Waals surface area contributed by atoms with E-state index in [-0.39, 0.29) is 6.54 Å². The number of rotatable bonds is 3. The van der Waals surface area contributed by atoms with E-state index in [0.717, 1.165) is 21.7 Å². The van der Waals surface area contributed by atoms with E-state index < -0.39 is 50.8 Å². The molecule has 3 amide bonds. The molecule has 3 saturated heterocycles. The summed E-state index contributed by atoms with van der Waals surface area (Å²) >= 11 is 0. The molecular weight excluding hydrogens is 433 g/mol. The monoisotopic (exact) mass is 451 g/mol. The van der Waals surface area contributed by atoms with Crippen molar-refractivity contribution in [2.75, 3.05) is 11.4 Å². The van der Waals surface area contributed by atoms with E-state index in [0.29, 0.717) is 12.1 Å². The first-order valence-corrected chi connectivity index (χ1v) is 11.7. The van der Waals surface area contributed by atoms with Crippen molar-refractivity contribution in [3.63, 3.8) is 0 Å². The van der Waals surface area contributed by atoms with E-state index in [2.05, 4.69) is 0 Å². The van der Waals surface area contributed by atoms with Crippen molar-refractivity contribution in [1.29, 1.82) is 0 Å². The van der Waals surface area contributed by atoms with Gasteiger partial charge in [0, 0.05) is 18.0 Å². The summed E-state index contributed by atoms with van der Waals surface area (Å²) < 4.78 is 41.9. The summed E-state index contributed by atoms with van der Waals surface area (Å²) in [6.07, 6.45) is 0.360. The Labute approximate surface area is 183 Å². The van der Waals surface area contributed by atoms with Crippen molar-refractivity contribution >= 4 is 38.4 Å². The van der Waals surface area contributed by atoms with Crippen LogP contribution in [0.3, 0.4) is 0 Å². The standard InChI is InChI=1S/C23H18FN3O4S/c24-17-9-3-4-11-20(17)32(30,31)25-13-15-12-19(25)21-22(28)27(23(29)26(15)21)18-10-5-7-14-6-1-2-8-16(14)18/h1-11,15,19,21H,12-13H2/t15-,19?,21+/m1/s1. The second-order valence-corrected chi connectivity index (χ2v) is 10.1. The Morgan fingerprint density at radius 2 is 1.62 bits per heavy atom. The van der Waals surface area contributed by atoms with Crippen LogP contribution in [-0.2, 0) is 14.8 Å². The number of anilines is 1. The molecular formula is C23H18FN3O4S. The molecule has 3 fully saturated rings. The molecule has 0 aliphatic carbocycles. The van der Waals surface area contributed by atoms with Crippen LogP contribution in [0.15, 0.2) is 71.6 Å². The lowest BCUT2D eigenvalue weighted by atomic mass is 10.1. The van der Waals surface area contributed by atoms with E-state index in [1.165, 1.54) is 27.4 Å². The lowest BCUT2D eigenvalue weighted by molar-refractivity contribution is -0.120. The molecule has 0 aromatic heterocycles. The molecule has 1 unspecified atom stereocenters. The van der Waals surface area contributed by atoms with Crippen molar-refractivity contribution in [2.45, 2.75) is 29.4 Å². The Balaban J connectivity index is 1.40. The first-order valence-electron chi connectivity index (χ1n) is 10.3. The SMILES string of the molecule is O=C1[C@@H]2C3C[C@H](CN3S(=O)(=O)c3ccccc3F)N2C(=O)N1c1cccc2ccccc12. The molecule has 0 saturated carbocycles. The maximum Gasteiger partial charge on any atom is 0.332 e. The van der Waals surface area contributed by atoms with Gasteiger partial charge in [0.05, 0.1) is 11.7 Å². The van der Waals surface area contributed by atoms with Crippen molar-refractivity contribution in [3.8, 4) is 0 Å². The van der Waals surface area contributed by atoms with Crippen molar-refractivity contribution in [3.05, 3.63) is 72.5 Å². The number of hydrogen-bond donors (Lipinski definition) is 0. The zero-order valence-electron chi connectivity index (χ0n) is 16.8. The van der Waals surface area contributed by atoms with Gasteiger partial charge < -0.3 is 4.90 Å². The third-order valence-corrected chi connectivity index (χ3v) is 8.57. The lowest BCUT2D eigenvalue weighted by Gasteiger charge is -2.34. The molecule has 162 valence electrons. The van der Waals surface area contributed by atoms with Gasteiger partial charge in [-0.05, 0) is 30.0 Å². The fourth-order valence-corrected chi connectivity index (χ4v) is 7.04. The van der Waals surface area contributed by atoms with Gasteiger partial charge in [-0.1, -0.05) is 48.5 Å². The van der Waals surface area contributed by atoms with Gasteiger partial charge in [-0.15, -0.1) is 0 Å². The van der Waals surface area contributed by atoms with E-state index >= 15 is 0 Å². The minimum atomic E-state index is -4.15. The van der Waals surface area contributed by atoms with Crippen LogP contribution in [0.25, 0.3) is 10.8 Å². The zero-order valence-corrected chi connectivity index (χ0v) is 17.6. The molecule has 3 aromatic rings. The number of nitrogens with zero attached hydrogens (tertiary/aromatic N) is 3. The van der Waals surface area contributed by atoms with Gasteiger partial charge in [-0.2, -0.15) is 4.31 Å². The normalized spacial score (nSPS) is 25.2. The maximum atomic E-state index is 14.3. The fourth-order valence-electron chi connectivity index (χ4n) is 5.30. The number of sulfonamides is 1. The fraction of sp³-hybridized carbons (Fsp3) is 0.217. The molecule has 0 N–H and O–H groups in total. The summed E-state index contributed by atoms with van der Waals surface area (Å²) in [5.74, 6) is -1.29. The summed E-state index contributed by atoms with van der Waals surface area (Å²) in [5.41, 5.74) is 0.482. The highest BCUT2D eigenvalue weighted by atomic mass is 32.2. The molecule has 0 spiro atoms. The second-order valence-electron chi connectivity index (χ2n) is 8.27. The number of hydrogen-bond acceptors (Lipinski definition) is 4. The molecule has 3 aliphatic rings. The topological polar surface area (TPSA) is 78.0 Å². The summed E-state index contributed by atoms with van der Waals surface area (Å²) in [6, 6.07) is 15.6. The Hall–Kier alpha value is -3.30. The smallest absolute Gasteiger partial charge is 0.306 e. The molecule has 32 heavy (non-hydrogen) atoms. The van der Waals surface area contributed by atoms with E-state index in [9.17, 15) is 22.4 Å². The van der Waals surface area contributed by atoms with Gasteiger partial charge in [0.15, 0.2) is 0 Å². The minimum absolute atomic E-state index is 0.0419. The largest absolute Gasteiger partial charge is 0.332 e. The highest BCUT2D eigenvalue weighted by molar-refractivity contribution is 7.89. The van der Waals surface area contributed by atoms with Crippen LogP contribution in [0.4, 0.5) is 14.9 Å². The number of benzene rings is 3. The zero-order chi connectivity index (χ0) is 22.2. The average molecular weight is 451 g/mol. The van der Waals surface area contributed by atoms with Crippen LogP contribution >= 0.6 is 0 Å². The van der Waals surface area contributed by atoms with E-state index in [1.54, 1.807) is 12.1 Å². The van der Waals surface area contributed by atoms with Crippen molar-refractivity contribution in [2.24, 2.45) is 0 Å². The number of urea groups is 1. The Morgan fingerprint density at radius 3 is 2.44 bits per heavy atom. The number of carbonyl (C=O) groups excluding carboxylic acids is 2. The summed E-state index contributed by atoms with van der Waals surface area (Å²) in [4.78, 5) is 29.0. The molecule has 2 bridgehead atoms. The third-order valence-electron chi connectivity index (χ3n) is 6.65. The lowest BCUT2D eigenvalue weighted by Crippen LogP contribution is -2.54. The summed E-state index contributed by atoms with van der Waals surface area (Å²) in [5, 5.41) is 1.66. The molecule has 3 heterocycles.